The summed E-state index contributed by atoms with van der Waals surface area (Å²) in [5.74, 6) is -1.62. The van der Waals surface area contributed by atoms with Crippen molar-refractivity contribution in [3.63, 3.8) is 0 Å². The molecule has 0 saturated carbocycles. The smallest absolute Gasteiger partial charge is 0.225 e. The molecule has 0 spiro atoms. The van der Waals surface area contributed by atoms with Gasteiger partial charge in [0.25, 0.3) is 0 Å². The van der Waals surface area contributed by atoms with Crippen LogP contribution in [0, 0.1) is 11.7 Å². The molecular formula is C16H21FN2O4S. The minimum absolute atomic E-state index is 0.0141. The maximum absolute atomic E-state index is 12.8. The zero-order chi connectivity index (χ0) is 17.9. The molecule has 132 valence electrons. The van der Waals surface area contributed by atoms with E-state index in [1.165, 1.54) is 12.1 Å². The molecule has 1 aliphatic heterocycles. The lowest BCUT2D eigenvalue weighted by molar-refractivity contribution is -0.129. The Labute approximate surface area is 140 Å². The van der Waals surface area contributed by atoms with Crippen molar-refractivity contribution < 1.29 is 22.4 Å². The molecule has 0 aliphatic carbocycles. The second kappa shape index (κ2) is 7.29. The lowest BCUT2D eigenvalue weighted by atomic mass is 10.1. The molecule has 1 aromatic rings. The van der Waals surface area contributed by atoms with Crippen LogP contribution >= 0.6 is 0 Å². The van der Waals surface area contributed by atoms with Gasteiger partial charge in [-0.15, -0.1) is 0 Å². The molecule has 0 unspecified atom stereocenters. The van der Waals surface area contributed by atoms with E-state index in [0.29, 0.717) is 6.54 Å². The fourth-order valence-corrected chi connectivity index (χ4v) is 3.78. The second-order valence-electron chi connectivity index (χ2n) is 6.10. The highest BCUT2D eigenvalue weighted by molar-refractivity contribution is 7.91. The maximum Gasteiger partial charge on any atom is 0.225 e. The van der Waals surface area contributed by atoms with Crippen LogP contribution in [0.25, 0.3) is 0 Å². The summed E-state index contributed by atoms with van der Waals surface area (Å²) in [5.41, 5.74) is 0. The summed E-state index contributed by atoms with van der Waals surface area (Å²) < 4.78 is 37.0. The van der Waals surface area contributed by atoms with Gasteiger partial charge in [0.1, 0.15) is 5.82 Å². The summed E-state index contributed by atoms with van der Waals surface area (Å²) in [6.07, 6.45) is 0.148. The van der Waals surface area contributed by atoms with Gasteiger partial charge in [-0.1, -0.05) is 0 Å². The lowest BCUT2D eigenvalue weighted by Crippen LogP contribution is -2.37. The SMILES string of the molecule is CC(C)N1C[C@@H](C(=O)NCCS(=O)(=O)c2ccc(F)cc2)CC1=O. The number of nitrogens with one attached hydrogen (secondary N) is 1. The molecule has 0 radical (unpaired) electrons. The topological polar surface area (TPSA) is 83.6 Å². The Morgan fingerprint density at radius 1 is 1.33 bits per heavy atom. The van der Waals surface area contributed by atoms with Crippen molar-refractivity contribution in [1.82, 2.24) is 10.2 Å². The number of likely N-dealkylation sites (tertiary alicyclic amines) is 1. The highest BCUT2D eigenvalue weighted by Crippen LogP contribution is 2.20. The van der Waals surface area contributed by atoms with Crippen molar-refractivity contribution in [3.05, 3.63) is 30.1 Å². The maximum atomic E-state index is 12.8. The third-order valence-corrected chi connectivity index (χ3v) is 5.73. The van der Waals surface area contributed by atoms with Crippen molar-refractivity contribution in [3.8, 4) is 0 Å². The highest BCUT2D eigenvalue weighted by atomic mass is 32.2. The van der Waals surface area contributed by atoms with E-state index in [1.807, 2.05) is 13.8 Å². The van der Waals surface area contributed by atoms with Gasteiger partial charge >= 0.3 is 0 Å². The van der Waals surface area contributed by atoms with E-state index in [2.05, 4.69) is 5.32 Å². The number of benzene rings is 1. The molecule has 1 fully saturated rings. The first-order chi connectivity index (χ1) is 11.2. The van der Waals surface area contributed by atoms with Gasteiger partial charge in [-0.3, -0.25) is 9.59 Å². The predicted molar refractivity (Wildman–Crippen MR) is 86.4 cm³/mol. The molecule has 0 aromatic heterocycles. The molecule has 1 N–H and O–H groups in total. The molecule has 1 heterocycles. The third-order valence-electron chi connectivity index (χ3n) is 4.00. The summed E-state index contributed by atoms with van der Waals surface area (Å²) in [5, 5.41) is 2.57. The lowest BCUT2D eigenvalue weighted by Gasteiger charge is -2.20. The van der Waals surface area contributed by atoms with E-state index in [-0.39, 0.29) is 41.5 Å². The zero-order valence-corrected chi connectivity index (χ0v) is 14.5. The Balaban J connectivity index is 1.87. The van der Waals surface area contributed by atoms with Crippen molar-refractivity contribution in [2.45, 2.75) is 31.2 Å². The van der Waals surface area contributed by atoms with E-state index in [4.69, 9.17) is 0 Å². The number of nitrogens with zero attached hydrogens (tertiary/aromatic N) is 1. The van der Waals surface area contributed by atoms with Crippen LogP contribution in [0.4, 0.5) is 4.39 Å². The summed E-state index contributed by atoms with van der Waals surface area (Å²) in [4.78, 5) is 25.5. The molecule has 1 aromatic carbocycles. The Bertz CT molecular complexity index is 716. The molecule has 1 aliphatic rings. The van der Waals surface area contributed by atoms with Crippen LogP contribution in [-0.2, 0) is 19.4 Å². The van der Waals surface area contributed by atoms with Gasteiger partial charge < -0.3 is 10.2 Å². The number of halogens is 1. The van der Waals surface area contributed by atoms with Crippen LogP contribution in [0.15, 0.2) is 29.2 Å². The van der Waals surface area contributed by atoms with Crippen LogP contribution in [0.1, 0.15) is 20.3 Å². The van der Waals surface area contributed by atoms with Gasteiger partial charge in [-0.2, -0.15) is 0 Å². The normalized spacial score (nSPS) is 18.2. The molecule has 1 saturated heterocycles. The summed E-state index contributed by atoms with van der Waals surface area (Å²) >= 11 is 0. The van der Waals surface area contributed by atoms with Crippen LogP contribution in [0.3, 0.4) is 0 Å². The minimum Gasteiger partial charge on any atom is -0.355 e. The fraction of sp³-hybridized carbons (Fsp3) is 0.500. The third kappa shape index (κ3) is 4.31. The van der Waals surface area contributed by atoms with E-state index in [0.717, 1.165) is 12.1 Å². The number of rotatable bonds is 6. The van der Waals surface area contributed by atoms with Gasteiger partial charge in [0.2, 0.25) is 11.8 Å². The van der Waals surface area contributed by atoms with Crippen molar-refractivity contribution in [1.29, 1.82) is 0 Å². The first kappa shape index (κ1) is 18.4. The predicted octanol–water partition coefficient (Wildman–Crippen LogP) is 0.972. The molecule has 1 atom stereocenters. The van der Waals surface area contributed by atoms with Crippen molar-refractivity contribution in [2.75, 3.05) is 18.8 Å². The van der Waals surface area contributed by atoms with E-state index < -0.39 is 21.6 Å². The summed E-state index contributed by atoms with van der Waals surface area (Å²) in [6, 6.07) is 4.59. The Hall–Kier alpha value is -1.96. The van der Waals surface area contributed by atoms with Crippen LogP contribution in [0.2, 0.25) is 0 Å². The van der Waals surface area contributed by atoms with Gasteiger partial charge in [0.15, 0.2) is 9.84 Å². The van der Waals surface area contributed by atoms with Crippen LogP contribution in [0.5, 0.6) is 0 Å². The number of carbonyl (C=O) groups excluding carboxylic acids is 2. The number of carbonyl (C=O) groups is 2. The molecule has 6 nitrogen and oxygen atoms in total. The molecule has 24 heavy (non-hydrogen) atoms. The Kier molecular flexibility index (Phi) is 5.58. The average Bonchev–Trinajstić information content (AvgIpc) is 2.89. The summed E-state index contributed by atoms with van der Waals surface area (Å²) in [6.45, 7) is 4.07. The van der Waals surface area contributed by atoms with Crippen molar-refractivity contribution in [2.24, 2.45) is 5.92 Å². The minimum atomic E-state index is -3.59. The van der Waals surface area contributed by atoms with Gasteiger partial charge in [-0.25, -0.2) is 12.8 Å². The van der Waals surface area contributed by atoms with E-state index in [1.54, 1.807) is 4.90 Å². The van der Waals surface area contributed by atoms with Crippen LogP contribution in [-0.4, -0.2) is 50.0 Å². The molecular weight excluding hydrogens is 335 g/mol. The number of amides is 2. The molecule has 0 bridgehead atoms. The quantitative estimate of drug-likeness (QED) is 0.770. The van der Waals surface area contributed by atoms with Crippen molar-refractivity contribution >= 4 is 21.7 Å². The molecule has 2 amide bonds. The van der Waals surface area contributed by atoms with E-state index in [9.17, 15) is 22.4 Å². The van der Waals surface area contributed by atoms with Gasteiger partial charge in [-0.05, 0) is 38.1 Å². The standard InChI is InChI=1S/C16H21FN2O4S/c1-11(2)19-10-12(9-15(19)20)16(21)18-7-8-24(22,23)14-5-3-13(17)4-6-14/h3-6,11-12H,7-10H2,1-2H3,(H,18,21)/t12-/m0/s1. The first-order valence-corrected chi connectivity index (χ1v) is 9.41. The average molecular weight is 356 g/mol. The zero-order valence-electron chi connectivity index (χ0n) is 13.7. The monoisotopic (exact) mass is 356 g/mol. The molecule has 2 rings (SSSR count). The Morgan fingerprint density at radius 2 is 1.96 bits per heavy atom. The number of hydrogen-bond donors (Lipinski definition) is 1. The highest BCUT2D eigenvalue weighted by Gasteiger charge is 2.35. The largest absolute Gasteiger partial charge is 0.355 e. The summed E-state index contributed by atoms with van der Waals surface area (Å²) in [7, 11) is -3.59. The number of hydrogen-bond acceptors (Lipinski definition) is 4. The second-order valence-corrected chi connectivity index (χ2v) is 8.21. The van der Waals surface area contributed by atoms with Gasteiger partial charge in [0, 0.05) is 25.6 Å². The van der Waals surface area contributed by atoms with E-state index >= 15 is 0 Å². The van der Waals surface area contributed by atoms with Crippen LogP contribution < -0.4 is 5.32 Å². The molecule has 8 heteroatoms. The first-order valence-electron chi connectivity index (χ1n) is 7.76. The Morgan fingerprint density at radius 3 is 2.50 bits per heavy atom. The fourth-order valence-electron chi connectivity index (χ4n) is 2.62. The number of sulfone groups is 1. The van der Waals surface area contributed by atoms with Gasteiger partial charge in [0.05, 0.1) is 16.6 Å².